The van der Waals surface area contributed by atoms with Crippen molar-refractivity contribution in [3.05, 3.63) is 36.5 Å². The first kappa shape index (κ1) is 10.3. The zero-order chi connectivity index (χ0) is 9.19. The van der Waals surface area contributed by atoms with Gasteiger partial charge in [-0.1, -0.05) is 49.3 Å². The van der Waals surface area contributed by atoms with Crippen LogP contribution in [0.25, 0.3) is 0 Å². The topological polar surface area (TPSA) is 0 Å². The Hall–Kier alpha value is -0.780. The SMILES string of the molecule is C1=CCC=CCCCCCCC=C1. The van der Waals surface area contributed by atoms with Crippen LogP contribution in [0.15, 0.2) is 36.5 Å². The molecule has 0 saturated carbocycles. The van der Waals surface area contributed by atoms with Gasteiger partial charge in [-0.2, -0.15) is 0 Å². The lowest BCUT2D eigenvalue weighted by molar-refractivity contribution is 0.652. The highest BCUT2D eigenvalue weighted by molar-refractivity contribution is 5.04. The van der Waals surface area contributed by atoms with Crippen molar-refractivity contribution in [2.24, 2.45) is 0 Å². The summed E-state index contributed by atoms with van der Waals surface area (Å²) >= 11 is 0. The van der Waals surface area contributed by atoms with Crippen LogP contribution in [0, 0.1) is 0 Å². The predicted octanol–water partition coefficient (Wildman–Crippen LogP) is 4.40. The standard InChI is InChI=1S/C13H20/c1-2-4-6-8-10-12-13-11-9-7-5-3-1/h1-4,7,9H,5-6,8,10-13H2. The lowest BCUT2D eigenvalue weighted by atomic mass is 10.1. The fraction of sp³-hybridized carbons (Fsp3) is 0.538. The summed E-state index contributed by atoms with van der Waals surface area (Å²) in [4.78, 5) is 0. The van der Waals surface area contributed by atoms with E-state index in [1.54, 1.807) is 0 Å². The molecular weight excluding hydrogens is 156 g/mol. The summed E-state index contributed by atoms with van der Waals surface area (Å²) in [6, 6.07) is 0. The lowest BCUT2D eigenvalue weighted by Gasteiger charge is -1.95. The monoisotopic (exact) mass is 176 g/mol. The Morgan fingerprint density at radius 2 is 1.23 bits per heavy atom. The molecule has 0 aromatic heterocycles. The third kappa shape index (κ3) is 6.39. The van der Waals surface area contributed by atoms with Crippen LogP contribution in [0.5, 0.6) is 0 Å². The zero-order valence-corrected chi connectivity index (χ0v) is 8.41. The molecule has 0 N–H and O–H groups in total. The molecule has 0 aromatic carbocycles. The van der Waals surface area contributed by atoms with Crippen LogP contribution in [0.3, 0.4) is 0 Å². The van der Waals surface area contributed by atoms with E-state index in [1.807, 2.05) is 0 Å². The van der Waals surface area contributed by atoms with Gasteiger partial charge in [0.05, 0.1) is 0 Å². The summed E-state index contributed by atoms with van der Waals surface area (Å²) in [5.41, 5.74) is 0. The summed E-state index contributed by atoms with van der Waals surface area (Å²) < 4.78 is 0. The molecule has 72 valence electrons. The Morgan fingerprint density at radius 3 is 2.08 bits per heavy atom. The molecule has 0 bridgehead atoms. The molecule has 0 radical (unpaired) electrons. The van der Waals surface area contributed by atoms with Gasteiger partial charge in [0.1, 0.15) is 0 Å². The summed E-state index contributed by atoms with van der Waals surface area (Å²) in [7, 11) is 0. The average molecular weight is 176 g/mol. The maximum Gasteiger partial charge on any atom is -0.0166 e. The molecule has 1 aliphatic rings. The van der Waals surface area contributed by atoms with Gasteiger partial charge in [-0.15, -0.1) is 0 Å². The van der Waals surface area contributed by atoms with E-state index >= 15 is 0 Å². The van der Waals surface area contributed by atoms with Crippen molar-refractivity contribution in [1.82, 2.24) is 0 Å². The molecular formula is C13H20. The second-order valence-electron chi connectivity index (χ2n) is 3.55. The normalized spacial score (nSPS) is 20.3. The molecule has 0 nitrogen and oxygen atoms in total. The van der Waals surface area contributed by atoms with Gasteiger partial charge in [0.15, 0.2) is 0 Å². The summed E-state index contributed by atoms with van der Waals surface area (Å²) in [5.74, 6) is 0. The highest BCUT2D eigenvalue weighted by atomic mass is 13.9. The van der Waals surface area contributed by atoms with Gasteiger partial charge in [-0.25, -0.2) is 0 Å². The fourth-order valence-electron chi connectivity index (χ4n) is 1.50. The molecule has 0 unspecified atom stereocenters. The Labute approximate surface area is 82.0 Å². The van der Waals surface area contributed by atoms with Gasteiger partial charge < -0.3 is 0 Å². The Balaban J connectivity index is 2.29. The second-order valence-corrected chi connectivity index (χ2v) is 3.55. The van der Waals surface area contributed by atoms with Gasteiger partial charge in [0, 0.05) is 0 Å². The van der Waals surface area contributed by atoms with Crippen LogP contribution in [-0.2, 0) is 0 Å². The molecule has 0 atom stereocenters. The van der Waals surface area contributed by atoms with E-state index in [0.29, 0.717) is 0 Å². The maximum absolute atomic E-state index is 2.31. The fourth-order valence-corrected chi connectivity index (χ4v) is 1.50. The lowest BCUT2D eigenvalue weighted by Crippen LogP contribution is -1.76. The van der Waals surface area contributed by atoms with E-state index in [1.165, 1.54) is 38.5 Å². The van der Waals surface area contributed by atoms with Crippen LogP contribution >= 0.6 is 0 Å². The van der Waals surface area contributed by atoms with Crippen molar-refractivity contribution in [2.45, 2.75) is 44.9 Å². The number of allylic oxidation sites excluding steroid dienone is 6. The third-order valence-electron chi connectivity index (χ3n) is 2.31. The Bertz CT molecular complexity index is 184. The Kier molecular flexibility index (Phi) is 6.22. The van der Waals surface area contributed by atoms with Crippen LogP contribution < -0.4 is 0 Å². The van der Waals surface area contributed by atoms with Crippen molar-refractivity contribution in [3.8, 4) is 0 Å². The number of hydrogen-bond acceptors (Lipinski definition) is 0. The molecule has 0 aromatic rings. The van der Waals surface area contributed by atoms with Crippen LogP contribution in [0.4, 0.5) is 0 Å². The van der Waals surface area contributed by atoms with E-state index in [2.05, 4.69) is 36.5 Å². The zero-order valence-electron chi connectivity index (χ0n) is 8.41. The van der Waals surface area contributed by atoms with E-state index in [9.17, 15) is 0 Å². The molecule has 0 spiro atoms. The maximum atomic E-state index is 2.31. The number of hydrogen-bond donors (Lipinski definition) is 0. The minimum Gasteiger partial charge on any atom is -0.0882 e. The molecule has 0 aliphatic heterocycles. The smallest absolute Gasteiger partial charge is 0.0166 e. The molecule has 0 heterocycles. The molecule has 1 rings (SSSR count). The van der Waals surface area contributed by atoms with Gasteiger partial charge in [-0.05, 0) is 32.1 Å². The average Bonchev–Trinajstić information content (AvgIpc) is 2.18. The van der Waals surface area contributed by atoms with Crippen molar-refractivity contribution in [2.75, 3.05) is 0 Å². The molecule has 0 fully saturated rings. The first-order chi connectivity index (χ1) is 6.50. The summed E-state index contributed by atoms with van der Waals surface area (Å²) in [5, 5.41) is 0. The van der Waals surface area contributed by atoms with Crippen molar-refractivity contribution >= 4 is 0 Å². The first-order valence-electron chi connectivity index (χ1n) is 5.47. The largest absolute Gasteiger partial charge is 0.0882 e. The van der Waals surface area contributed by atoms with Crippen molar-refractivity contribution in [3.63, 3.8) is 0 Å². The van der Waals surface area contributed by atoms with Crippen LogP contribution in [0.1, 0.15) is 44.9 Å². The molecule has 0 heteroatoms. The van der Waals surface area contributed by atoms with E-state index in [-0.39, 0.29) is 0 Å². The van der Waals surface area contributed by atoms with Crippen LogP contribution in [-0.4, -0.2) is 0 Å². The molecule has 1 aliphatic carbocycles. The third-order valence-corrected chi connectivity index (χ3v) is 2.31. The van der Waals surface area contributed by atoms with Crippen molar-refractivity contribution < 1.29 is 0 Å². The molecule has 13 heavy (non-hydrogen) atoms. The van der Waals surface area contributed by atoms with Gasteiger partial charge in [0.25, 0.3) is 0 Å². The predicted molar refractivity (Wildman–Crippen MR) is 59.7 cm³/mol. The first-order valence-corrected chi connectivity index (χ1v) is 5.47. The highest BCUT2D eigenvalue weighted by Crippen LogP contribution is 2.07. The van der Waals surface area contributed by atoms with Crippen LogP contribution in [0.2, 0.25) is 0 Å². The van der Waals surface area contributed by atoms with E-state index in [0.717, 1.165) is 6.42 Å². The summed E-state index contributed by atoms with van der Waals surface area (Å²) in [6.07, 6.45) is 22.5. The minimum atomic E-state index is 1.09. The van der Waals surface area contributed by atoms with E-state index in [4.69, 9.17) is 0 Å². The van der Waals surface area contributed by atoms with Crippen molar-refractivity contribution in [1.29, 1.82) is 0 Å². The molecule has 0 amide bonds. The molecule has 0 saturated heterocycles. The quantitative estimate of drug-likeness (QED) is 0.480. The Morgan fingerprint density at radius 1 is 0.538 bits per heavy atom. The second kappa shape index (κ2) is 7.85. The summed E-state index contributed by atoms with van der Waals surface area (Å²) in [6.45, 7) is 0. The van der Waals surface area contributed by atoms with Gasteiger partial charge in [0.2, 0.25) is 0 Å². The minimum absolute atomic E-state index is 1.09. The van der Waals surface area contributed by atoms with Gasteiger partial charge in [-0.3, -0.25) is 0 Å². The van der Waals surface area contributed by atoms with Gasteiger partial charge >= 0.3 is 0 Å². The highest BCUT2D eigenvalue weighted by Gasteiger charge is 1.87. The number of rotatable bonds is 0. The van der Waals surface area contributed by atoms with E-state index < -0.39 is 0 Å².